The molecule has 2 nitrogen and oxygen atoms in total. The maximum absolute atomic E-state index is 6.38. The van der Waals surface area contributed by atoms with Gasteiger partial charge in [0.15, 0.2) is 0 Å². The van der Waals surface area contributed by atoms with Crippen molar-refractivity contribution >= 4 is 43.2 Å². The summed E-state index contributed by atoms with van der Waals surface area (Å²) in [6, 6.07) is 13.1. The van der Waals surface area contributed by atoms with E-state index in [2.05, 4.69) is 87.1 Å². The molecule has 0 saturated heterocycles. The van der Waals surface area contributed by atoms with Gasteiger partial charge in [-0.15, -0.1) is 11.3 Å². The van der Waals surface area contributed by atoms with Crippen molar-refractivity contribution in [2.45, 2.75) is 32.0 Å². The normalized spacial score (nSPS) is 14.4. The first-order valence-corrected chi connectivity index (χ1v) is 9.37. The van der Waals surface area contributed by atoms with E-state index >= 15 is 0 Å². The Labute approximate surface area is 147 Å². The van der Waals surface area contributed by atoms with Crippen molar-refractivity contribution in [1.29, 1.82) is 0 Å². The first-order chi connectivity index (χ1) is 10.0. The van der Waals surface area contributed by atoms with Crippen LogP contribution in [0.3, 0.4) is 0 Å². The molecule has 2 aromatic rings. The van der Waals surface area contributed by atoms with Gasteiger partial charge in [0.2, 0.25) is 0 Å². The van der Waals surface area contributed by atoms with Gasteiger partial charge in [-0.25, -0.2) is 0 Å². The second-order valence-corrected chi connectivity index (χ2v) is 8.61. The van der Waals surface area contributed by atoms with Crippen LogP contribution in [0.1, 0.15) is 29.8 Å². The minimum Gasteiger partial charge on any atom is -0.326 e. The van der Waals surface area contributed by atoms with Crippen molar-refractivity contribution < 1.29 is 0 Å². The number of nitrogens with zero attached hydrogens (tertiary/aromatic N) is 1. The molecule has 0 fully saturated rings. The second-order valence-electron chi connectivity index (χ2n) is 5.20. The predicted molar refractivity (Wildman–Crippen MR) is 98.6 cm³/mol. The summed E-state index contributed by atoms with van der Waals surface area (Å²) in [6.07, 6.45) is 0.963. The summed E-state index contributed by atoms with van der Waals surface area (Å²) < 4.78 is 2.26. The van der Waals surface area contributed by atoms with Crippen molar-refractivity contribution in [1.82, 2.24) is 4.90 Å². The Balaban J connectivity index is 2.18. The molecule has 0 saturated carbocycles. The summed E-state index contributed by atoms with van der Waals surface area (Å²) in [5, 5.41) is 0. The molecule has 0 bridgehead atoms. The van der Waals surface area contributed by atoms with Gasteiger partial charge in [-0.3, -0.25) is 4.90 Å². The minimum absolute atomic E-state index is 0.135. The van der Waals surface area contributed by atoms with Crippen molar-refractivity contribution in [3.63, 3.8) is 0 Å². The fraction of sp³-hybridized carbons (Fsp3) is 0.375. The molecule has 1 aromatic carbocycles. The van der Waals surface area contributed by atoms with Gasteiger partial charge in [-0.1, -0.05) is 35.0 Å². The number of benzene rings is 1. The summed E-state index contributed by atoms with van der Waals surface area (Å²) in [6.45, 7) is 3.04. The summed E-state index contributed by atoms with van der Waals surface area (Å²) in [5.74, 6) is 0. The Bertz CT molecular complexity index is 568. The van der Waals surface area contributed by atoms with Crippen LogP contribution < -0.4 is 5.73 Å². The van der Waals surface area contributed by atoms with Gasteiger partial charge in [0.1, 0.15) is 0 Å². The molecule has 2 atom stereocenters. The van der Waals surface area contributed by atoms with E-state index in [1.807, 2.05) is 0 Å². The van der Waals surface area contributed by atoms with Crippen LogP contribution in [0.25, 0.3) is 0 Å². The van der Waals surface area contributed by atoms with E-state index in [0.717, 1.165) is 21.2 Å². The highest BCUT2D eigenvalue weighted by Gasteiger charge is 2.24. The van der Waals surface area contributed by atoms with E-state index in [-0.39, 0.29) is 12.1 Å². The fourth-order valence-corrected chi connectivity index (χ4v) is 4.37. The first-order valence-electron chi connectivity index (χ1n) is 6.96. The topological polar surface area (TPSA) is 29.3 Å². The van der Waals surface area contributed by atoms with Gasteiger partial charge >= 0.3 is 0 Å². The molecule has 1 aromatic heterocycles. The lowest BCUT2D eigenvalue weighted by molar-refractivity contribution is 0.205. The molecule has 2 unspecified atom stereocenters. The van der Waals surface area contributed by atoms with E-state index in [4.69, 9.17) is 5.73 Å². The highest BCUT2D eigenvalue weighted by atomic mass is 79.9. The highest BCUT2D eigenvalue weighted by molar-refractivity contribution is 9.11. The monoisotopic (exact) mass is 430 g/mol. The van der Waals surface area contributed by atoms with Crippen molar-refractivity contribution in [3.8, 4) is 0 Å². The summed E-state index contributed by atoms with van der Waals surface area (Å²) >= 11 is 8.80. The number of nitrogens with two attached hydrogens (primary N) is 1. The molecule has 5 heteroatoms. The lowest BCUT2D eigenvalue weighted by atomic mass is 10.0. The number of rotatable bonds is 6. The molecule has 0 aliphatic rings. The van der Waals surface area contributed by atoms with Crippen LogP contribution in [-0.2, 0) is 6.54 Å². The second kappa shape index (κ2) is 7.88. The van der Waals surface area contributed by atoms with Gasteiger partial charge < -0.3 is 5.73 Å². The molecular formula is C16H20Br2N2S. The average molecular weight is 432 g/mol. The zero-order chi connectivity index (χ0) is 15.4. The molecule has 2 N–H and O–H groups in total. The molecule has 0 radical (unpaired) electrons. The molecular weight excluding hydrogens is 412 g/mol. The highest BCUT2D eigenvalue weighted by Crippen LogP contribution is 2.33. The number of hydrogen-bond donors (Lipinski definition) is 1. The van der Waals surface area contributed by atoms with Crippen LogP contribution in [0.4, 0.5) is 0 Å². The first kappa shape index (κ1) is 17.2. The molecule has 2 rings (SSSR count). The van der Waals surface area contributed by atoms with E-state index in [1.165, 1.54) is 10.4 Å². The summed E-state index contributed by atoms with van der Waals surface area (Å²) in [4.78, 5) is 3.66. The standard InChI is InChI=1S/C16H20Br2N2S/c1-3-13(19)16(14-8-9-15(18)21-14)20(2)10-11-4-6-12(17)7-5-11/h4-9,13,16H,3,10,19H2,1-2H3. The van der Waals surface area contributed by atoms with E-state index in [1.54, 1.807) is 11.3 Å². The molecule has 0 aliphatic heterocycles. The van der Waals surface area contributed by atoms with Crippen LogP contribution in [0.15, 0.2) is 44.7 Å². The summed E-state index contributed by atoms with van der Waals surface area (Å²) in [5.41, 5.74) is 7.68. The van der Waals surface area contributed by atoms with E-state index in [0.29, 0.717) is 0 Å². The molecule has 0 aliphatic carbocycles. The fourth-order valence-electron chi connectivity index (χ4n) is 2.44. The quantitative estimate of drug-likeness (QED) is 0.682. The van der Waals surface area contributed by atoms with Crippen molar-refractivity contribution in [3.05, 3.63) is 55.1 Å². The van der Waals surface area contributed by atoms with Gasteiger partial charge in [-0.05, 0) is 59.2 Å². The summed E-state index contributed by atoms with van der Waals surface area (Å²) in [7, 11) is 2.15. The third kappa shape index (κ3) is 4.63. The molecule has 21 heavy (non-hydrogen) atoms. The van der Waals surface area contributed by atoms with Gasteiger partial charge in [-0.2, -0.15) is 0 Å². The number of likely N-dealkylation sites (N-methyl/N-ethyl adjacent to an activating group) is 1. The predicted octanol–water partition coefficient (Wildman–Crippen LogP) is 5.18. The molecule has 0 spiro atoms. The maximum atomic E-state index is 6.38. The number of thiophene rings is 1. The minimum atomic E-state index is 0.135. The van der Waals surface area contributed by atoms with E-state index < -0.39 is 0 Å². The van der Waals surface area contributed by atoms with Crippen LogP contribution in [-0.4, -0.2) is 18.0 Å². The van der Waals surface area contributed by atoms with Crippen LogP contribution in [0.5, 0.6) is 0 Å². The van der Waals surface area contributed by atoms with Crippen molar-refractivity contribution in [2.24, 2.45) is 5.73 Å². The maximum Gasteiger partial charge on any atom is 0.0702 e. The Morgan fingerprint density at radius 2 is 1.81 bits per heavy atom. The van der Waals surface area contributed by atoms with Crippen LogP contribution in [0, 0.1) is 0 Å². The Morgan fingerprint density at radius 3 is 2.33 bits per heavy atom. The third-order valence-corrected chi connectivity index (χ3v) is 5.81. The lowest BCUT2D eigenvalue weighted by Gasteiger charge is -2.31. The van der Waals surface area contributed by atoms with Crippen LogP contribution in [0.2, 0.25) is 0 Å². The SMILES string of the molecule is CCC(N)C(c1ccc(Br)s1)N(C)Cc1ccc(Br)cc1. The number of halogens is 2. The zero-order valence-electron chi connectivity index (χ0n) is 12.2. The zero-order valence-corrected chi connectivity index (χ0v) is 16.2. The molecule has 114 valence electrons. The van der Waals surface area contributed by atoms with E-state index in [9.17, 15) is 0 Å². The molecule has 0 amide bonds. The third-order valence-electron chi connectivity index (χ3n) is 3.58. The van der Waals surface area contributed by atoms with Gasteiger partial charge in [0, 0.05) is 21.9 Å². The largest absolute Gasteiger partial charge is 0.326 e. The Hall–Kier alpha value is -0.200. The average Bonchev–Trinajstić information content (AvgIpc) is 2.87. The van der Waals surface area contributed by atoms with Gasteiger partial charge in [0.25, 0.3) is 0 Å². The Kier molecular flexibility index (Phi) is 6.44. The smallest absolute Gasteiger partial charge is 0.0702 e. The molecule has 1 heterocycles. The van der Waals surface area contributed by atoms with Crippen molar-refractivity contribution in [2.75, 3.05) is 7.05 Å². The number of hydrogen-bond acceptors (Lipinski definition) is 3. The lowest BCUT2D eigenvalue weighted by Crippen LogP contribution is -2.38. The Morgan fingerprint density at radius 1 is 1.14 bits per heavy atom. The van der Waals surface area contributed by atoms with Gasteiger partial charge in [0.05, 0.1) is 9.83 Å². The van der Waals surface area contributed by atoms with Crippen LogP contribution >= 0.6 is 43.2 Å².